The molecule has 0 fully saturated rings. The lowest BCUT2D eigenvalue weighted by Crippen LogP contribution is -2.19. The summed E-state index contributed by atoms with van der Waals surface area (Å²) in [7, 11) is 0. The first-order chi connectivity index (χ1) is 10.8. The molecule has 0 radical (unpaired) electrons. The van der Waals surface area contributed by atoms with Crippen LogP contribution >= 0.6 is 11.6 Å². The van der Waals surface area contributed by atoms with Gasteiger partial charge in [-0.1, -0.05) is 25.4 Å². The zero-order valence-electron chi connectivity index (χ0n) is 12.4. The van der Waals surface area contributed by atoms with Crippen LogP contribution < -0.4 is 5.32 Å². The molecule has 1 aromatic carbocycles. The Kier molecular flexibility index (Phi) is 5.12. The Morgan fingerprint density at radius 3 is 2.26 bits per heavy atom. The highest BCUT2D eigenvalue weighted by Crippen LogP contribution is 2.29. The Balaban J connectivity index is 2.41. The van der Waals surface area contributed by atoms with Crippen molar-refractivity contribution in [3.63, 3.8) is 0 Å². The lowest BCUT2D eigenvalue weighted by Gasteiger charge is -2.24. The minimum atomic E-state index is -0.770. The van der Waals surface area contributed by atoms with Crippen LogP contribution in [-0.2, 0) is 0 Å². The predicted molar refractivity (Wildman–Crippen MR) is 81.5 cm³/mol. The van der Waals surface area contributed by atoms with Gasteiger partial charge in [-0.15, -0.1) is 0 Å². The number of nitrogens with one attached hydrogen (secondary N) is 1. The number of rotatable bonds is 4. The van der Waals surface area contributed by atoms with Crippen molar-refractivity contribution >= 4 is 17.4 Å². The van der Waals surface area contributed by atoms with Gasteiger partial charge in [0.1, 0.15) is 22.9 Å². The van der Waals surface area contributed by atoms with Gasteiger partial charge in [0.2, 0.25) is 0 Å². The zero-order chi connectivity index (χ0) is 17.1. The van der Waals surface area contributed by atoms with Crippen molar-refractivity contribution in [2.45, 2.75) is 19.9 Å². The highest BCUT2D eigenvalue weighted by Gasteiger charge is 2.20. The smallest absolute Gasteiger partial charge is 0.166 e. The van der Waals surface area contributed by atoms with Gasteiger partial charge in [0.25, 0.3) is 0 Å². The summed E-state index contributed by atoms with van der Waals surface area (Å²) in [5, 5.41) is 11.4. The van der Waals surface area contributed by atoms with Crippen LogP contribution in [0.3, 0.4) is 0 Å². The maximum atomic E-state index is 14.0. The number of nitrogens with zero attached hydrogens (tertiary/aromatic N) is 2. The van der Waals surface area contributed by atoms with Crippen molar-refractivity contribution in [2.24, 2.45) is 5.92 Å². The maximum absolute atomic E-state index is 14.0. The molecule has 2 rings (SSSR count). The highest BCUT2D eigenvalue weighted by atomic mass is 35.5. The number of nitriles is 1. The second kappa shape index (κ2) is 6.88. The van der Waals surface area contributed by atoms with Gasteiger partial charge in [-0.3, -0.25) is 0 Å². The van der Waals surface area contributed by atoms with Crippen molar-refractivity contribution < 1.29 is 13.2 Å². The molecule has 1 atom stereocenters. The van der Waals surface area contributed by atoms with Gasteiger partial charge in [0.15, 0.2) is 11.6 Å². The molecule has 0 spiro atoms. The standard InChI is InChI=1S/C16H13ClF3N3/c1-8(2)14(9-3-11(18)6-12(19)4-9)22-16-13(20)5-10(7-21)15(17)23-16/h3-6,8,14H,1-2H3,(H,22,23)/t14-/m0/s1. The van der Waals surface area contributed by atoms with Gasteiger partial charge in [-0.2, -0.15) is 5.26 Å². The SMILES string of the molecule is CC(C)[C@H](Nc1nc(Cl)c(C#N)cc1F)c1cc(F)cc(F)c1. The molecule has 7 heteroatoms. The molecular formula is C16H13ClF3N3. The molecule has 0 bridgehead atoms. The van der Waals surface area contributed by atoms with Crippen LogP contribution in [0.25, 0.3) is 0 Å². The number of hydrogen-bond donors (Lipinski definition) is 1. The van der Waals surface area contributed by atoms with E-state index in [0.717, 1.165) is 12.1 Å². The Labute approximate surface area is 136 Å². The van der Waals surface area contributed by atoms with E-state index in [4.69, 9.17) is 16.9 Å². The van der Waals surface area contributed by atoms with E-state index in [-0.39, 0.29) is 22.5 Å². The van der Waals surface area contributed by atoms with E-state index >= 15 is 0 Å². The van der Waals surface area contributed by atoms with Gasteiger partial charge in [-0.05, 0) is 29.7 Å². The molecule has 120 valence electrons. The normalized spacial score (nSPS) is 12.1. The van der Waals surface area contributed by atoms with Crippen molar-refractivity contribution in [3.8, 4) is 6.07 Å². The summed E-state index contributed by atoms with van der Waals surface area (Å²) in [6, 6.07) is 5.20. The van der Waals surface area contributed by atoms with Gasteiger partial charge >= 0.3 is 0 Å². The highest BCUT2D eigenvalue weighted by molar-refractivity contribution is 6.30. The second-order valence-electron chi connectivity index (χ2n) is 5.34. The van der Waals surface area contributed by atoms with Crippen molar-refractivity contribution in [1.29, 1.82) is 5.26 Å². The van der Waals surface area contributed by atoms with E-state index in [0.29, 0.717) is 5.56 Å². The van der Waals surface area contributed by atoms with Crippen LogP contribution in [0.5, 0.6) is 0 Å². The molecule has 0 aliphatic heterocycles. The first kappa shape index (κ1) is 17.1. The Hall–Kier alpha value is -2.26. The van der Waals surface area contributed by atoms with Crippen LogP contribution in [0.1, 0.15) is 31.0 Å². The Bertz CT molecular complexity index is 752. The number of benzene rings is 1. The quantitative estimate of drug-likeness (QED) is 0.811. The third kappa shape index (κ3) is 3.93. The lowest BCUT2D eigenvalue weighted by atomic mass is 9.95. The molecular weight excluding hydrogens is 327 g/mol. The summed E-state index contributed by atoms with van der Waals surface area (Å²) >= 11 is 5.80. The van der Waals surface area contributed by atoms with E-state index in [1.165, 1.54) is 12.1 Å². The van der Waals surface area contributed by atoms with E-state index < -0.39 is 23.5 Å². The fourth-order valence-corrected chi connectivity index (χ4v) is 2.36. The van der Waals surface area contributed by atoms with E-state index in [1.807, 2.05) is 13.8 Å². The first-order valence-corrected chi connectivity index (χ1v) is 7.18. The average molecular weight is 340 g/mol. The summed E-state index contributed by atoms with van der Waals surface area (Å²) in [6.45, 7) is 3.62. The lowest BCUT2D eigenvalue weighted by molar-refractivity contribution is 0.522. The molecule has 0 aliphatic carbocycles. The molecule has 0 saturated carbocycles. The molecule has 1 N–H and O–H groups in total. The summed E-state index contributed by atoms with van der Waals surface area (Å²) in [4.78, 5) is 3.81. The molecule has 0 unspecified atom stereocenters. The van der Waals surface area contributed by atoms with Crippen LogP contribution in [0.4, 0.5) is 19.0 Å². The summed E-state index contributed by atoms with van der Waals surface area (Å²) < 4.78 is 40.9. The van der Waals surface area contributed by atoms with Gasteiger partial charge in [0.05, 0.1) is 11.6 Å². The molecule has 0 amide bonds. The van der Waals surface area contributed by atoms with Crippen molar-refractivity contribution in [2.75, 3.05) is 5.32 Å². The molecule has 0 aliphatic rings. The van der Waals surface area contributed by atoms with Crippen molar-refractivity contribution in [1.82, 2.24) is 4.98 Å². The first-order valence-electron chi connectivity index (χ1n) is 6.80. The Morgan fingerprint density at radius 1 is 1.13 bits per heavy atom. The molecule has 23 heavy (non-hydrogen) atoms. The summed E-state index contributed by atoms with van der Waals surface area (Å²) in [5.74, 6) is -2.52. The molecule has 1 aromatic heterocycles. The van der Waals surface area contributed by atoms with E-state index in [2.05, 4.69) is 10.3 Å². The number of pyridine rings is 1. The average Bonchev–Trinajstić information content (AvgIpc) is 2.46. The predicted octanol–water partition coefficient (Wildman–Crippen LogP) is 4.83. The molecule has 3 nitrogen and oxygen atoms in total. The second-order valence-corrected chi connectivity index (χ2v) is 5.70. The van der Waals surface area contributed by atoms with Crippen LogP contribution in [0.2, 0.25) is 5.15 Å². The third-order valence-electron chi connectivity index (χ3n) is 3.25. The number of halogens is 4. The van der Waals surface area contributed by atoms with E-state index in [9.17, 15) is 13.2 Å². The zero-order valence-corrected chi connectivity index (χ0v) is 13.1. The fourth-order valence-electron chi connectivity index (χ4n) is 2.18. The van der Waals surface area contributed by atoms with Gasteiger partial charge < -0.3 is 5.32 Å². The molecule has 1 heterocycles. The Morgan fingerprint density at radius 2 is 1.74 bits per heavy atom. The summed E-state index contributed by atoms with van der Waals surface area (Å²) in [6.07, 6.45) is 0. The van der Waals surface area contributed by atoms with Gasteiger partial charge in [0, 0.05) is 6.07 Å². The van der Waals surface area contributed by atoms with Crippen LogP contribution in [0, 0.1) is 34.7 Å². The monoisotopic (exact) mass is 339 g/mol. The van der Waals surface area contributed by atoms with E-state index in [1.54, 1.807) is 6.07 Å². The fraction of sp³-hybridized carbons (Fsp3) is 0.250. The largest absolute Gasteiger partial charge is 0.361 e. The van der Waals surface area contributed by atoms with Crippen molar-refractivity contribution in [3.05, 3.63) is 58.0 Å². The molecule has 2 aromatic rings. The minimum absolute atomic E-state index is 0.0902. The molecule has 0 saturated heterocycles. The van der Waals surface area contributed by atoms with Crippen LogP contribution in [-0.4, -0.2) is 4.98 Å². The minimum Gasteiger partial charge on any atom is -0.361 e. The number of hydrogen-bond acceptors (Lipinski definition) is 3. The number of aromatic nitrogens is 1. The topological polar surface area (TPSA) is 48.7 Å². The third-order valence-corrected chi connectivity index (χ3v) is 3.54. The number of anilines is 1. The maximum Gasteiger partial charge on any atom is 0.166 e. The van der Waals surface area contributed by atoms with Gasteiger partial charge in [-0.25, -0.2) is 18.2 Å². The summed E-state index contributed by atoms with van der Waals surface area (Å²) in [5.41, 5.74) is 0.229. The van der Waals surface area contributed by atoms with Crippen LogP contribution in [0.15, 0.2) is 24.3 Å².